The lowest BCUT2D eigenvalue weighted by Crippen LogP contribution is -2.62. The van der Waals surface area contributed by atoms with Crippen LogP contribution >= 0.6 is 0 Å². The van der Waals surface area contributed by atoms with Crippen LogP contribution in [0.5, 0.6) is 0 Å². The Balaban J connectivity index is 1.67. The number of amides is 2. The van der Waals surface area contributed by atoms with Crippen LogP contribution < -0.4 is 0 Å². The predicted octanol–water partition coefficient (Wildman–Crippen LogP) is 4.34. The highest BCUT2D eigenvalue weighted by Crippen LogP contribution is 2.39. The summed E-state index contributed by atoms with van der Waals surface area (Å²) >= 11 is 0. The molecule has 0 bridgehead atoms. The molecule has 2 aliphatic heterocycles. The number of piperazine rings is 1. The number of rotatable bonds is 2. The van der Waals surface area contributed by atoms with E-state index in [1.54, 1.807) is 0 Å². The van der Waals surface area contributed by atoms with Gasteiger partial charge in [0.2, 0.25) is 11.8 Å². The van der Waals surface area contributed by atoms with E-state index >= 15 is 0 Å². The first-order valence-corrected chi connectivity index (χ1v) is 11.0. The topological polar surface area (TPSA) is 40.6 Å². The van der Waals surface area contributed by atoms with Crippen LogP contribution in [-0.2, 0) is 16.0 Å². The van der Waals surface area contributed by atoms with Crippen molar-refractivity contribution < 1.29 is 9.59 Å². The van der Waals surface area contributed by atoms with E-state index in [1.165, 1.54) is 17.5 Å². The first kappa shape index (κ1) is 19.5. The van der Waals surface area contributed by atoms with Crippen LogP contribution in [0.15, 0.2) is 24.3 Å². The fourth-order valence-electron chi connectivity index (χ4n) is 5.36. The Bertz CT molecular complexity index is 745. The number of benzene rings is 1. The zero-order chi connectivity index (χ0) is 19.9. The monoisotopic (exact) mass is 382 g/mol. The van der Waals surface area contributed by atoms with Gasteiger partial charge in [0.05, 0.1) is 6.04 Å². The van der Waals surface area contributed by atoms with Crippen molar-refractivity contribution in [3.8, 4) is 0 Å². The average Bonchev–Trinajstić information content (AvgIpc) is 2.69. The zero-order valence-electron chi connectivity index (χ0n) is 17.6. The summed E-state index contributed by atoms with van der Waals surface area (Å²) in [6.07, 6.45) is 7.12. The molecule has 1 saturated heterocycles. The molecule has 1 aromatic rings. The molecular weight excluding hydrogens is 348 g/mol. The number of carbonyl (C=O) groups is 2. The highest BCUT2D eigenvalue weighted by atomic mass is 16.2. The fourth-order valence-corrected chi connectivity index (χ4v) is 5.36. The number of fused-ring (bicyclic) bond motifs is 3. The minimum absolute atomic E-state index is 0.00590. The molecule has 28 heavy (non-hydrogen) atoms. The molecule has 1 saturated carbocycles. The molecule has 0 aromatic heterocycles. The SMILES string of the molecule is CC(C)(C)C[C@H]1C(=O)N2CCc3ccccc3[C@@H]2CN1C(=O)C1CCCCC1. The van der Waals surface area contributed by atoms with Gasteiger partial charge in [-0.05, 0) is 42.2 Å². The predicted molar refractivity (Wildman–Crippen MR) is 111 cm³/mol. The maximum atomic E-state index is 13.6. The summed E-state index contributed by atoms with van der Waals surface area (Å²) in [4.78, 5) is 31.2. The molecule has 2 heterocycles. The van der Waals surface area contributed by atoms with E-state index in [1.807, 2.05) is 4.90 Å². The molecule has 0 spiro atoms. The second-order valence-corrected chi connectivity index (χ2v) is 10.1. The van der Waals surface area contributed by atoms with Crippen molar-refractivity contribution >= 4 is 11.8 Å². The van der Waals surface area contributed by atoms with E-state index in [4.69, 9.17) is 0 Å². The molecular formula is C24H34N2O2. The highest BCUT2D eigenvalue weighted by molar-refractivity contribution is 5.90. The van der Waals surface area contributed by atoms with Crippen molar-refractivity contribution in [2.24, 2.45) is 11.3 Å². The summed E-state index contributed by atoms with van der Waals surface area (Å²) in [6.45, 7) is 7.93. The first-order valence-electron chi connectivity index (χ1n) is 11.0. The summed E-state index contributed by atoms with van der Waals surface area (Å²) in [5.74, 6) is 0.490. The largest absolute Gasteiger partial charge is 0.332 e. The summed E-state index contributed by atoms with van der Waals surface area (Å²) in [5, 5.41) is 0. The van der Waals surface area contributed by atoms with E-state index in [0.717, 1.165) is 45.1 Å². The van der Waals surface area contributed by atoms with Gasteiger partial charge < -0.3 is 9.80 Å². The number of carbonyl (C=O) groups excluding carboxylic acids is 2. The van der Waals surface area contributed by atoms with Gasteiger partial charge in [0.1, 0.15) is 6.04 Å². The van der Waals surface area contributed by atoms with Gasteiger partial charge in [-0.1, -0.05) is 64.3 Å². The number of nitrogens with zero attached hydrogens (tertiary/aromatic N) is 2. The molecule has 0 radical (unpaired) electrons. The molecule has 2 fully saturated rings. The lowest BCUT2D eigenvalue weighted by atomic mass is 9.81. The van der Waals surface area contributed by atoms with Crippen LogP contribution in [0, 0.1) is 11.3 Å². The van der Waals surface area contributed by atoms with Crippen molar-refractivity contribution in [3.05, 3.63) is 35.4 Å². The average molecular weight is 383 g/mol. The van der Waals surface area contributed by atoms with E-state index in [-0.39, 0.29) is 35.2 Å². The molecule has 4 nitrogen and oxygen atoms in total. The van der Waals surface area contributed by atoms with Gasteiger partial charge in [0.15, 0.2) is 0 Å². The third-order valence-corrected chi connectivity index (χ3v) is 6.77. The molecule has 4 rings (SSSR count). The molecule has 0 N–H and O–H groups in total. The van der Waals surface area contributed by atoms with Crippen molar-refractivity contribution in [1.29, 1.82) is 0 Å². The number of hydrogen-bond acceptors (Lipinski definition) is 2. The maximum Gasteiger partial charge on any atom is 0.245 e. The van der Waals surface area contributed by atoms with E-state index in [0.29, 0.717) is 6.54 Å². The highest BCUT2D eigenvalue weighted by Gasteiger charge is 2.46. The van der Waals surface area contributed by atoms with Crippen LogP contribution in [-0.4, -0.2) is 40.7 Å². The molecule has 1 aliphatic carbocycles. The van der Waals surface area contributed by atoms with Gasteiger partial charge in [-0.15, -0.1) is 0 Å². The molecule has 1 aromatic carbocycles. The van der Waals surface area contributed by atoms with Crippen LogP contribution in [0.1, 0.15) is 76.5 Å². The third-order valence-electron chi connectivity index (χ3n) is 6.77. The van der Waals surface area contributed by atoms with E-state index in [9.17, 15) is 9.59 Å². The minimum atomic E-state index is -0.309. The van der Waals surface area contributed by atoms with Crippen LogP contribution in [0.25, 0.3) is 0 Å². The lowest BCUT2D eigenvalue weighted by Gasteiger charge is -2.50. The van der Waals surface area contributed by atoms with Crippen molar-refractivity contribution in [1.82, 2.24) is 9.80 Å². The Morgan fingerprint density at radius 1 is 1.11 bits per heavy atom. The van der Waals surface area contributed by atoms with Gasteiger partial charge in [-0.3, -0.25) is 9.59 Å². The third kappa shape index (κ3) is 3.70. The Morgan fingerprint density at radius 3 is 2.54 bits per heavy atom. The lowest BCUT2D eigenvalue weighted by molar-refractivity contribution is -0.160. The summed E-state index contributed by atoms with van der Waals surface area (Å²) in [5.41, 5.74) is 2.57. The Hall–Kier alpha value is -1.84. The fraction of sp³-hybridized carbons (Fsp3) is 0.667. The molecule has 2 atom stereocenters. The first-order chi connectivity index (χ1) is 13.3. The van der Waals surface area contributed by atoms with Gasteiger partial charge in [0.25, 0.3) is 0 Å². The van der Waals surface area contributed by atoms with Crippen molar-refractivity contribution in [3.63, 3.8) is 0 Å². The standard InChI is InChI=1S/C24H34N2O2/c1-24(2,3)15-20-23(28)25-14-13-17-9-7-8-12-19(17)21(25)16-26(20)22(27)18-10-5-4-6-11-18/h7-9,12,18,20-21H,4-6,10-11,13-16H2,1-3H3/t20-,21-/m0/s1. The molecule has 4 heteroatoms. The minimum Gasteiger partial charge on any atom is -0.332 e. The second-order valence-electron chi connectivity index (χ2n) is 10.1. The van der Waals surface area contributed by atoms with Crippen LogP contribution in [0.4, 0.5) is 0 Å². The molecule has 2 amide bonds. The van der Waals surface area contributed by atoms with E-state index < -0.39 is 0 Å². The smallest absolute Gasteiger partial charge is 0.245 e. The summed E-state index contributed by atoms with van der Waals surface area (Å²) in [6, 6.07) is 8.16. The van der Waals surface area contributed by atoms with E-state index in [2.05, 4.69) is 49.9 Å². The van der Waals surface area contributed by atoms with Crippen molar-refractivity contribution in [2.75, 3.05) is 13.1 Å². The molecule has 3 aliphatic rings. The van der Waals surface area contributed by atoms with Gasteiger partial charge in [0, 0.05) is 19.0 Å². The Labute approximate surface area is 169 Å². The quantitative estimate of drug-likeness (QED) is 0.763. The van der Waals surface area contributed by atoms with Gasteiger partial charge >= 0.3 is 0 Å². The van der Waals surface area contributed by atoms with Crippen LogP contribution in [0.2, 0.25) is 0 Å². The van der Waals surface area contributed by atoms with Gasteiger partial charge in [-0.2, -0.15) is 0 Å². The molecule has 0 unspecified atom stereocenters. The van der Waals surface area contributed by atoms with Crippen molar-refractivity contribution in [2.45, 2.75) is 77.8 Å². The van der Waals surface area contributed by atoms with Gasteiger partial charge in [-0.25, -0.2) is 0 Å². The maximum absolute atomic E-state index is 13.6. The zero-order valence-corrected chi connectivity index (χ0v) is 17.6. The Morgan fingerprint density at radius 2 is 1.82 bits per heavy atom. The Kier molecular flexibility index (Phi) is 5.24. The normalized spacial score (nSPS) is 26.0. The second kappa shape index (κ2) is 7.53. The number of hydrogen-bond donors (Lipinski definition) is 0. The molecule has 152 valence electrons. The summed E-state index contributed by atoms with van der Waals surface area (Å²) in [7, 11) is 0. The summed E-state index contributed by atoms with van der Waals surface area (Å²) < 4.78 is 0. The van der Waals surface area contributed by atoms with Crippen LogP contribution in [0.3, 0.4) is 0 Å².